The molecule has 3 aromatic carbocycles. The van der Waals surface area contributed by atoms with Crippen molar-refractivity contribution in [3.8, 4) is 22.9 Å². The molecule has 0 bridgehead atoms. The van der Waals surface area contributed by atoms with Crippen LogP contribution in [0.1, 0.15) is 42.0 Å². The molecular formula is C28H32N4O3. The minimum absolute atomic E-state index is 0.212. The van der Waals surface area contributed by atoms with E-state index in [1.807, 2.05) is 30.3 Å². The first-order chi connectivity index (χ1) is 17.0. The van der Waals surface area contributed by atoms with Gasteiger partial charge in [-0.2, -0.15) is 5.10 Å². The van der Waals surface area contributed by atoms with Gasteiger partial charge in [-0.1, -0.05) is 62.4 Å². The van der Waals surface area contributed by atoms with E-state index in [4.69, 9.17) is 9.47 Å². The molecule has 0 aliphatic carbocycles. The van der Waals surface area contributed by atoms with E-state index in [1.165, 1.54) is 11.1 Å². The molecule has 1 aromatic heterocycles. The molecule has 0 spiro atoms. The Hall–Kier alpha value is -3.84. The molecule has 7 heteroatoms. The van der Waals surface area contributed by atoms with E-state index in [1.54, 1.807) is 18.8 Å². The third-order valence-corrected chi connectivity index (χ3v) is 6.04. The zero-order valence-corrected chi connectivity index (χ0v) is 20.7. The zero-order chi connectivity index (χ0) is 24.8. The van der Waals surface area contributed by atoms with Gasteiger partial charge in [0.1, 0.15) is 0 Å². The molecule has 35 heavy (non-hydrogen) atoms. The summed E-state index contributed by atoms with van der Waals surface area (Å²) in [6.07, 6.45) is 0. The predicted octanol–water partition coefficient (Wildman–Crippen LogP) is 4.72. The number of ether oxygens (including phenoxy) is 2. The maximum atomic E-state index is 12.5. The van der Waals surface area contributed by atoms with Gasteiger partial charge in [0.15, 0.2) is 17.3 Å². The number of rotatable bonds is 10. The zero-order valence-electron chi connectivity index (χ0n) is 20.7. The van der Waals surface area contributed by atoms with Crippen molar-refractivity contribution >= 4 is 0 Å². The quantitative estimate of drug-likeness (QED) is 0.349. The number of H-pyrrole nitrogens is 1. The van der Waals surface area contributed by atoms with Crippen LogP contribution in [0.15, 0.2) is 71.5 Å². The number of hydrogen-bond donors (Lipinski definition) is 2. The molecule has 0 atom stereocenters. The summed E-state index contributed by atoms with van der Waals surface area (Å²) in [5.74, 6) is 2.50. The molecule has 7 nitrogen and oxygen atoms in total. The van der Waals surface area contributed by atoms with E-state index in [-0.39, 0.29) is 5.69 Å². The molecule has 182 valence electrons. The topological polar surface area (TPSA) is 81.2 Å². The maximum Gasteiger partial charge on any atom is 0.343 e. The summed E-state index contributed by atoms with van der Waals surface area (Å²) in [6.45, 7) is 6.21. The molecule has 2 N–H and O–H groups in total. The highest BCUT2D eigenvalue weighted by Crippen LogP contribution is 2.27. The summed E-state index contributed by atoms with van der Waals surface area (Å²) < 4.78 is 12.4. The highest BCUT2D eigenvalue weighted by atomic mass is 16.5. The number of aromatic amines is 1. The van der Waals surface area contributed by atoms with Crippen molar-refractivity contribution in [2.24, 2.45) is 0 Å². The van der Waals surface area contributed by atoms with Crippen molar-refractivity contribution < 1.29 is 9.47 Å². The fraction of sp³-hybridized carbons (Fsp3) is 0.286. The highest BCUT2D eigenvalue weighted by Gasteiger charge is 2.12. The van der Waals surface area contributed by atoms with Crippen molar-refractivity contribution in [1.29, 1.82) is 0 Å². The summed E-state index contributed by atoms with van der Waals surface area (Å²) in [7, 11) is 3.27. The number of benzene rings is 3. The number of methoxy groups -OCH3 is 2. The lowest BCUT2D eigenvalue weighted by Crippen LogP contribution is -2.18. The minimum atomic E-state index is -0.212. The minimum Gasteiger partial charge on any atom is -0.493 e. The van der Waals surface area contributed by atoms with Crippen LogP contribution in [0.25, 0.3) is 11.4 Å². The van der Waals surface area contributed by atoms with Gasteiger partial charge in [-0.3, -0.25) is 4.57 Å². The Morgan fingerprint density at radius 2 is 1.57 bits per heavy atom. The Morgan fingerprint density at radius 3 is 2.29 bits per heavy atom. The van der Waals surface area contributed by atoms with Crippen LogP contribution in [0.3, 0.4) is 0 Å². The number of nitrogens with zero attached hydrogens (tertiary/aromatic N) is 2. The second-order valence-electron chi connectivity index (χ2n) is 8.83. The molecule has 0 fully saturated rings. The Bertz CT molecular complexity index is 1320. The van der Waals surface area contributed by atoms with Gasteiger partial charge < -0.3 is 14.8 Å². The largest absolute Gasteiger partial charge is 0.493 e. The van der Waals surface area contributed by atoms with Crippen molar-refractivity contribution in [3.05, 3.63) is 99.5 Å². The van der Waals surface area contributed by atoms with E-state index in [0.29, 0.717) is 24.8 Å². The number of hydrogen-bond acceptors (Lipinski definition) is 5. The third-order valence-electron chi connectivity index (χ3n) is 6.04. The lowest BCUT2D eigenvalue weighted by Gasteiger charge is -2.11. The Labute approximate surface area is 205 Å². The van der Waals surface area contributed by atoms with Gasteiger partial charge in [-0.25, -0.2) is 9.89 Å². The van der Waals surface area contributed by atoms with Crippen molar-refractivity contribution in [2.45, 2.75) is 39.4 Å². The van der Waals surface area contributed by atoms with Gasteiger partial charge in [-0.05, 0) is 46.4 Å². The molecular weight excluding hydrogens is 440 g/mol. The van der Waals surface area contributed by atoms with Crippen LogP contribution >= 0.6 is 0 Å². The molecule has 0 saturated heterocycles. The van der Waals surface area contributed by atoms with Gasteiger partial charge in [0.05, 0.1) is 20.8 Å². The van der Waals surface area contributed by atoms with E-state index in [0.717, 1.165) is 34.7 Å². The van der Waals surface area contributed by atoms with Gasteiger partial charge in [-0.15, -0.1) is 0 Å². The van der Waals surface area contributed by atoms with Crippen LogP contribution in [-0.4, -0.2) is 29.0 Å². The fourth-order valence-corrected chi connectivity index (χ4v) is 4.01. The smallest absolute Gasteiger partial charge is 0.343 e. The van der Waals surface area contributed by atoms with E-state index < -0.39 is 0 Å². The molecule has 0 saturated carbocycles. The van der Waals surface area contributed by atoms with Gasteiger partial charge in [0, 0.05) is 18.7 Å². The van der Waals surface area contributed by atoms with Gasteiger partial charge >= 0.3 is 5.69 Å². The lowest BCUT2D eigenvalue weighted by atomic mass is 10.0. The normalized spacial score (nSPS) is 11.1. The number of nitrogens with one attached hydrogen (secondary N) is 2. The third kappa shape index (κ3) is 5.81. The SMILES string of the molecule is COc1ccc(CNCc2ccc(Cn3c(-c4cccc(C(C)C)c4)n[nH]c3=O)cc2)cc1OC. The summed E-state index contributed by atoms with van der Waals surface area (Å²) in [6, 6.07) is 22.4. The summed E-state index contributed by atoms with van der Waals surface area (Å²) in [5.41, 5.74) is 5.26. The van der Waals surface area contributed by atoms with Crippen molar-refractivity contribution in [2.75, 3.05) is 14.2 Å². The Kier molecular flexibility index (Phi) is 7.67. The summed E-state index contributed by atoms with van der Waals surface area (Å²) in [4.78, 5) is 12.5. The van der Waals surface area contributed by atoms with Gasteiger partial charge in [0.2, 0.25) is 0 Å². The molecule has 0 aliphatic heterocycles. The van der Waals surface area contributed by atoms with Crippen LogP contribution in [-0.2, 0) is 19.6 Å². The summed E-state index contributed by atoms with van der Waals surface area (Å²) in [5, 5.41) is 10.4. The van der Waals surface area contributed by atoms with E-state index in [9.17, 15) is 4.79 Å². The van der Waals surface area contributed by atoms with Crippen LogP contribution in [0.4, 0.5) is 0 Å². The first-order valence-corrected chi connectivity index (χ1v) is 11.7. The predicted molar refractivity (Wildman–Crippen MR) is 138 cm³/mol. The van der Waals surface area contributed by atoms with Crippen molar-refractivity contribution in [3.63, 3.8) is 0 Å². The molecule has 0 aliphatic rings. The molecule has 0 amide bonds. The Morgan fingerprint density at radius 1 is 0.886 bits per heavy atom. The van der Waals surface area contributed by atoms with Crippen LogP contribution in [0.5, 0.6) is 11.5 Å². The van der Waals surface area contributed by atoms with Crippen LogP contribution < -0.4 is 20.5 Å². The second kappa shape index (κ2) is 11.1. The molecule has 0 radical (unpaired) electrons. The van der Waals surface area contributed by atoms with E-state index >= 15 is 0 Å². The first kappa shape index (κ1) is 24.3. The maximum absolute atomic E-state index is 12.5. The molecule has 1 heterocycles. The standard InChI is InChI=1S/C28H32N4O3/c1-19(2)23-6-5-7-24(15-23)27-30-31-28(33)32(27)18-21-10-8-20(9-11-21)16-29-17-22-12-13-25(34-3)26(14-22)35-4/h5-15,19,29H,16-18H2,1-4H3,(H,31,33). The summed E-state index contributed by atoms with van der Waals surface area (Å²) >= 11 is 0. The first-order valence-electron chi connectivity index (χ1n) is 11.7. The lowest BCUT2D eigenvalue weighted by molar-refractivity contribution is 0.354. The molecule has 0 unspecified atom stereocenters. The molecule has 4 rings (SSSR count). The average Bonchev–Trinajstić information content (AvgIpc) is 3.24. The number of aromatic nitrogens is 3. The molecule has 4 aromatic rings. The highest BCUT2D eigenvalue weighted by molar-refractivity contribution is 5.56. The van der Waals surface area contributed by atoms with Gasteiger partial charge in [0.25, 0.3) is 0 Å². The van der Waals surface area contributed by atoms with Crippen LogP contribution in [0.2, 0.25) is 0 Å². The van der Waals surface area contributed by atoms with E-state index in [2.05, 4.69) is 65.8 Å². The van der Waals surface area contributed by atoms with Crippen molar-refractivity contribution in [1.82, 2.24) is 20.1 Å². The second-order valence-corrected chi connectivity index (χ2v) is 8.83. The Balaban J connectivity index is 1.40. The monoisotopic (exact) mass is 472 g/mol. The van der Waals surface area contributed by atoms with Crippen LogP contribution in [0, 0.1) is 0 Å². The average molecular weight is 473 g/mol. The fourth-order valence-electron chi connectivity index (χ4n) is 4.01.